The lowest BCUT2D eigenvalue weighted by atomic mass is 10.1. The number of hydrogen-bond acceptors (Lipinski definition) is 8. The molecular weight excluding hydrogens is 376 g/mol. The Hall–Kier alpha value is -3.81. The topological polar surface area (TPSA) is 96.8 Å². The third kappa shape index (κ3) is 3.91. The smallest absolute Gasteiger partial charge is 0.312 e. The summed E-state index contributed by atoms with van der Waals surface area (Å²) in [5.74, 6) is 1.29. The second-order valence-corrected chi connectivity index (χ2v) is 6.22. The molecule has 0 radical (unpaired) electrons. The van der Waals surface area contributed by atoms with Crippen LogP contribution in [0.4, 0.5) is 0 Å². The van der Waals surface area contributed by atoms with Gasteiger partial charge in [0.15, 0.2) is 22.8 Å². The maximum atomic E-state index is 12.2. The molecule has 0 bridgehead atoms. The van der Waals surface area contributed by atoms with Crippen molar-refractivity contribution in [1.29, 1.82) is 0 Å². The van der Waals surface area contributed by atoms with Crippen LogP contribution in [0.25, 0.3) is 22.3 Å². The highest BCUT2D eigenvalue weighted by atomic mass is 16.5. The number of fused-ring (bicyclic) bond motifs is 1. The van der Waals surface area contributed by atoms with Gasteiger partial charge in [-0.25, -0.2) is 0 Å². The van der Waals surface area contributed by atoms with Gasteiger partial charge in [0.05, 0.1) is 20.6 Å². The van der Waals surface area contributed by atoms with Gasteiger partial charge in [0.25, 0.3) is 0 Å². The Morgan fingerprint density at radius 3 is 2.62 bits per heavy atom. The van der Waals surface area contributed by atoms with Crippen LogP contribution in [0.1, 0.15) is 11.4 Å². The Morgan fingerprint density at radius 1 is 0.966 bits per heavy atom. The molecule has 0 saturated carbocycles. The zero-order chi connectivity index (χ0) is 20.2. The zero-order valence-electron chi connectivity index (χ0n) is 15.9. The Labute approximate surface area is 165 Å². The zero-order valence-corrected chi connectivity index (χ0v) is 15.9. The van der Waals surface area contributed by atoms with E-state index in [9.17, 15) is 4.79 Å². The first-order valence-corrected chi connectivity index (χ1v) is 8.85. The van der Waals surface area contributed by atoms with Crippen LogP contribution in [-0.4, -0.2) is 30.5 Å². The maximum Gasteiger partial charge on any atom is 0.312 e. The number of ether oxygens (including phenoxy) is 3. The molecule has 0 unspecified atom stereocenters. The van der Waals surface area contributed by atoms with Crippen molar-refractivity contribution in [3.8, 4) is 22.8 Å². The highest BCUT2D eigenvalue weighted by Crippen LogP contribution is 2.32. The fraction of sp³-hybridized carbons (Fsp3) is 0.190. The Kier molecular flexibility index (Phi) is 5.15. The van der Waals surface area contributed by atoms with Crippen LogP contribution >= 0.6 is 0 Å². The monoisotopic (exact) mass is 394 g/mol. The first-order chi connectivity index (χ1) is 14.2. The van der Waals surface area contributed by atoms with E-state index in [1.807, 2.05) is 24.3 Å². The molecule has 4 rings (SSSR count). The van der Waals surface area contributed by atoms with Crippen molar-refractivity contribution in [3.05, 3.63) is 59.9 Å². The Balaban J connectivity index is 1.40. The van der Waals surface area contributed by atoms with E-state index in [4.69, 9.17) is 23.3 Å². The summed E-state index contributed by atoms with van der Waals surface area (Å²) in [6, 6.07) is 14.4. The van der Waals surface area contributed by atoms with Gasteiger partial charge in [0.2, 0.25) is 0 Å². The highest BCUT2D eigenvalue weighted by Gasteiger charge is 2.15. The summed E-state index contributed by atoms with van der Waals surface area (Å²) in [6.45, 7) is -0.00852. The molecule has 0 aliphatic heterocycles. The van der Waals surface area contributed by atoms with Crippen molar-refractivity contribution in [2.45, 2.75) is 13.0 Å². The highest BCUT2D eigenvalue weighted by molar-refractivity contribution is 5.84. The number of carbonyl (C=O) groups excluding carboxylic acids is 1. The third-order valence-corrected chi connectivity index (χ3v) is 4.37. The van der Waals surface area contributed by atoms with Crippen molar-refractivity contribution in [2.24, 2.45) is 0 Å². The molecule has 0 saturated heterocycles. The van der Waals surface area contributed by atoms with Gasteiger partial charge >= 0.3 is 5.97 Å². The SMILES string of the molecule is COc1ccc(-c2cc(COC(=O)Cc3noc4ccccc34)no2)cc1OC. The number of methoxy groups -OCH3 is 2. The fourth-order valence-electron chi connectivity index (χ4n) is 2.91. The maximum absolute atomic E-state index is 12.2. The summed E-state index contributed by atoms with van der Waals surface area (Å²) >= 11 is 0. The van der Waals surface area contributed by atoms with Gasteiger partial charge in [-0.3, -0.25) is 4.79 Å². The largest absolute Gasteiger partial charge is 0.493 e. The minimum atomic E-state index is -0.431. The number of carbonyl (C=O) groups is 1. The molecule has 2 aromatic carbocycles. The van der Waals surface area contributed by atoms with E-state index in [2.05, 4.69) is 10.3 Å². The molecule has 2 heterocycles. The lowest BCUT2D eigenvalue weighted by Crippen LogP contribution is -2.08. The van der Waals surface area contributed by atoms with Crippen LogP contribution in [0, 0.1) is 0 Å². The number of para-hydroxylation sites is 1. The van der Waals surface area contributed by atoms with Gasteiger partial charge in [0, 0.05) is 17.0 Å². The molecule has 0 N–H and O–H groups in total. The number of benzene rings is 2. The third-order valence-electron chi connectivity index (χ3n) is 4.37. The van der Waals surface area contributed by atoms with Crippen molar-refractivity contribution in [1.82, 2.24) is 10.3 Å². The van der Waals surface area contributed by atoms with Crippen LogP contribution in [0.5, 0.6) is 11.5 Å². The average molecular weight is 394 g/mol. The Bertz CT molecular complexity index is 1150. The van der Waals surface area contributed by atoms with Crippen molar-refractivity contribution in [3.63, 3.8) is 0 Å². The van der Waals surface area contributed by atoms with E-state index in [1.54, 1.807) is 38.5 Å². The molecule has 0 aliphatic rings. The van der Waals surface area contributed by atoms with Crippen molar-refractivity contribution >= 4 is 16.9 Å². The summed E-state index contributed by atoms with van der Waals surface area (Å²) in [4.78, 5) is 12.2. The van der Waals surface area contributed by atoms with Crippen LogP contribution in [0.2, 0.25) is 0 Å². The Morgan fingerprint density at radius 2 is 1.79 bits per heavy atom. The molecule has 0 atom stereocenters. The normalized spacial score (nSPS) is 10.8. The van der Waals surface area contributed by atoms with E-state index in [1.165, 1.54) is 0 Å². The minimum absolute atomic E-state index is 0.00852. The van der Waals surface area contributed by atoms with E-state index in [-0.39, 0.29) is 13.0 Å². The van der Waals surface area contributed by atoms with E-state index < -0.39 is 5.97 Å². The predicted molar refractivity (Wildman–Crippen MR) is 103 cm³/mol. The van der Waals surface area contributed by atoms with E-state index in [0.717, 1.165) is 10.9 Å². The summed E-state index contributed by atoms with van der Waals surface area (Å²) in [5.41, 5.74) is 2.43. The van der Waals surface area contributed by atoms with Gasteiger partial charge < -0.3 is 23.3 Å². The first kappa shape index (κ1) is 18.5. The molecule has 0 aliphatic carbocycles. The molecule has 8 heteroatoms. The summed E-state index contributed by atoms with van der Waals surface area (Å²) in [6.07, 6.45) is 0.0113. The quantitative estimate of drug-likeness (QED) is 0.437. The summed E-state index contributed by atoms with van der Waals surface area (Å²) in [5, 5.41) is 8.68. The van der Waals surface area contributed by atoms with Gasteiger partial charge in [-0.1, -0.05) is 22.4 Å². The van der Waals surface area contributed by atoms with Crippen molar-refractivity contribution in [2.75, 3.05) is 14.2 Å². The average Bonchev–Trinajstić information content (AvgIpc) is 3.39. The van der Waals surface area contributed by atoms with Gasteiger partial charge in [-0.15, -0.1) is 0 Å². The van der Waals surface area contributed by atoms with Gasteiger partial charge in [-0.2, -0.15) is 0 Å². The molecule has 2 aromatic heterocycles. The molecule has 4 aromatic rings. The number of aromatic nitrogens is 2. The lowest BCUT2D eigenvalue weighted by Gasteiger charge is -2.07. The molecule has 29 heavy (non-hydrogen) atoms. The van der Waals surface area contributed by atoms with Crippen LogP contribution in [-0.2, 0) is 22.6 Å². The minimum Gasteiger partial charge on any atom is -0.493 e. The van der Waals surface area contributed by atoms with Gasteiger partial charge in [0.1, 0.15) is 18.0 Å². The molecule has 8 nitrogen and oxygen atoms in total. The summed E-state index contributed by atoms with van der Waals surface area (Å²) < 4.78 is 26.4. The van der Waals surface area contributed by atoms with E-state index in [0.29, 0.717) is 34.2 Å². The molecule has 0 amide bonds. The van der Waals surface area contributed by atoms with Crippen LogP contribution in [0.15, 0.2) is 57.6 Å². The predicted octanol–water partition coefficient (Wildman–Crippen LogP) is 3.79. The van der Waals surface area contributed by atoms with Crippen LogP contribution in [0.3, 0.4) is 0 Å². The fourth-order valence-corrected chi connectivity index (χ4v) is 2.91. The van der Waals surface area contributed by atoms with E-state index >= 15 is 0 Å². The molecule has 0 spiro atoms. The first-order valence-electron chi connectivity index (χ1n) is 8.85. The number of hydrogen-bond donors (Lipinski definition) is 0. The van der Waals surface area contributed by atoms with Crippen molar-refractivity contribution < 1.29 is 28.1 Å². The number of esters is 1. The number of rotatable bonds is 7. The lowest BCUT2D eigenvalue weighted by molar-refractivity contribution is -0.144. The van der Waals surface area contributed by atoms with Gasteiger partial charge in [-0.05, 0) is 30.3 Å². The van der Waals surface area contributed by atoms with Crippen LogP contribution < -0.4 is 9.47 Å². The summed E-state index contributed by atoms with van der Waals surface area (Å²) in [7, 11) is 3.13. The molecular formula is C21H18N2O6. The second-order valence-electron chi connectivity index (χ2n) is 6.22. The standard InChI is InChI=1S/C21H18N2O6/c1-25-18-8-7-13(9-20(18)26-2)19-10-14(22-29-19)12-27-21(24)11-16-15-5-3-4-6-17(15)28-23-16/h3-10H,11-12H2,1-2H3. The number of nitrogens with zero attached hydrogens (tertiary/aromatic N) is 2. The molecule has 148 valence electrons. The second kappa shape index (κ2) is 8.05. The molecule has 0 fully saturated rings.